The van der Waals surface area contributed by atoms with E-state index in [9.17, 15) is 28.0 Å². The Morgan fingerprint density at radius 1 is 1.12 bits per heavy atom. The minimum absolute atomic E-state index is 0.0898. The third-order valence-electron chi connectivity index (χ3n) is 4.60. The molecule has 2 aromatic rings. The van der Waals surface area contributed by atoms with E-state index in [-0.39, 0.29) is 40.8 Å². The van der Waals surface area contributed by atoms with Crippen LogP contribution in [0, 0.1) is 11.3 Å². The van der Waals surface area contributed by atoms with E-state index in [0.29, 0.717) is 4.90 Å². The highest BCUT2D eigenvalue weighted by atomic mass is 32.2. The normalized spacial score (nSPS) is 14.0. The number of esters is 2. The molecule has 0 atom stereocenters. The Morgan fingerprint density at radius 2 is 1.85 bits per heavy atom. The summed E-state index contributed by atoms with van der Waals surface area (Å²) in [6, 6.07) is 11.2. The Morgan fingerprint density at radius 3 is 2.48 bits per heavy atom. The molecule has 0 radical (unpaired) electrons. The lowest BCUT2D eigenvalue weighted by Crippen LogP contribution is -2.39. The van der Waals surface area contributed by atoms with Crippen molar-refractivity contribution in [3.63, 3.8) is 0 Å². The van der Waals surface area contributed by atoms with Gasteiger partial charge in [0.1, 0.15) is 12.4 Å². The molecule has 0 unspecified atom stereocenters. The molecule has 1 heterocycles. The van der Waals surface area contributed by atoms with Crippen molar-refractivity contribution in [2.45, 2.75) is 16.0 Å². The zero-order valence-corrected chi connectivity index (χ0v) is 18.2. The van der Waals surface area contributed by atoms with Crippen molar-refractivity contribution in [2.24, 2.45) is 0 Å². The largest absolute Gasteiger partial charge is 0.466 e. The number of halogens is 3. The van der Waals surface area contributed by atoms with Crippen LogP contribution in [0.1, 0.15) is 11.1 Å². The fourth-order valence-corrected chi connectivity index (χ4v) is 4.08. The summed E-state index contributed by atoms with van der Waals surface area (Å²) < 4.78 is 54.4. The van der Waals surface area contributed by atoms with E-state index in [1.165, 1.54) is 29.2 Å². The number of carbonyl (C=O) groups is 2. The Bertz CT molecular complexity index is 1160. The number of nitriles is 1. The van der Waals surface area contributed by atoms with Gasteiger partial charge < -0.3 is 19.1 Å². The van der Waals surface area contributed by atoms with Crippen molar-refractivity contribution in [3.05, 3.63) is 64.9 Å². The van der Waals surface area contributed by atoms with Crippen LogP contribution in [-0.2, 0) is 30.0 Å². The van der Waals surface area contributed by atoms with Crippen LogP contribution in [-0.4, -0.2) is 39.5 Å². The minimum atomic E-state index is -4.51. The maximum atomic E-state index is 13.1. The lowest BCUT2D eigenvalue weighted by molar-refractivity contribution is -0.140. The maximum absolute atomic E-state index is 13.1. The number of ether oxygens (including phenoxy) is 3. The summed E-state index contributed by atoms with van der Waals surface area (Å²) in [7, 11) is 2.29. The van der Waals surface area contributed by atoms with Gasteiger partial charge in [-0.25, -0.2) is 9.59 Å². The second kappa shape index (κ2) is 9.97. The molecule has 1 aliphatic heterocycles. The van der Waals surface area contributed by atoms with Crippen LogP contribution >= 0.6 is 11.8 Å². The SMILES string of the molecule is COC(=O)C1=C(C(=O)OC)N(c2cc(C#N)ccc2Sc2cccc(C(F)(F)F)c2)COC1. The number of methoxy groups -OCH3 is 2. The van der Waals surface area contributed by atoms with E-state index >= 15 is 0 Å². The van der Waals surface area contributed by atoms with Gasteiger partial charge >= 0.3 is 18.1 Å². The highest BCUT2D eigenvalue weighted by Crippen LogP contribution is 2.40. The third kappa shape index (κ3) is 5.30. The number of benzene rings is 2. The molecule has 0 fully saturated rings. The third-order valence-corrected chi connectivity index (χ3v) is 5.66. The Balaban J connectivity index is 2.13. The molecule has 11 heteroatoms. The van der Waals surface area contributed by atoms with E-state index in [4.69, 9.17) is 14.2 Å². The molecular weight excluding hydrogens is 461 g/mol. The summed E-state index contributed by atoms with van der Waals surface area (Å²) in [4.78, 5) is 26.9. The maximum Gasteiger partial charge on any atom is 0.416 e. The van der Waals surface area contributed by atoms with Crippen molar-refractivity contribution < 1.29 is 37.0 Å². The van der Waals surface area contributed by atoms with Crippen LogP contribution in [0.2, 0.25) is 0 Å². The summed E-state index contributed by atoms with van der Waals surface area (Å²) in [6.45, 7) is -0.377. The average Bonchev–Trinajstić information content (AvgIpc) is 2.82. The van der Waals surface area contributed by atoms with Gasteiger partial charge in [0.25, 0.3) is 0 Å². The molecule has 0 aromatic heterocycles. The number of hydrogen-bond donors (Lipinski definition) is 0. The van der Waals surface area contributed by atoms with Gasteiger partial charge in [0.2, 0.25) is 0 Å². The average molecular weight is 478 g/mol. The van der Waals surface area contributed by atoms with Gasteiger partial charge in [-0.15, -0.1) is 0 Å². The van der Waals surface area contributed by atoms with Crippen molar-refractivity contribution >= 4 is 29.4 Å². The van der Waals surface area contributed by atoms with Crippen molar-refractivity contribution in [1.82, 2.24) is 0 Å². The summed E-state index contributed by atoms with van der Waals surface area (Å²) in [5.41, 5.74) is -0.539. The first kappa shape index (κ1) is 24.2. The molecule has 0 saturated carbocycles. The summed E-state index contributed by atoms with van der Waals surface area (Å²) >= 11 is 0.997. The lowest BCUT2D eigenvalue weighted by atomic mass is 10.1. The van der Waals surface area contributed by atoms with E-state index in [2.05, 4.69) is 0 Å². The molecule has 33 heavy (non-hydrogen) atoms. The van der Waals surface area contributed by atoms with Gasteiger partial charge in [-0.1, -0.05) is 17.8 Å². The van der Waals surface area contributed by atoms with Gasteiger partial charge in [0.15, 0.2) is 0 Å². The lowest BCUT2D eigenvalue weighted by Gasteiger charge is -2.32. The highest BCUT2D eigenvalue weighted by molar-refractivity contribution is 7.99. The van der Waals surface area contributed by atoms with Crippen LogP contribution < -0.4 is 4.90 Å². The second-order valence-corrected chi connectivity index (χ2v) is 7.75. The van der Waals surface area contributed by atoms with Crippen molar-refractivity contribution in [3.8, 4) is 6.07 Å². The Kier molecular flexibility index (Phi) is 7.30. The summed E-state index contributed by atoms with van der Waals surface area (Å²) in [6.07, 6.45) is -4.51. The first-order chi connectivity index (χ1) is 15.7. The Hall–Kier alpha value is -3.49. The fourth-order valence-electron chi connectivity index (χ4n) is 3.08. The van der Waals surface area contributed by atoms with Gasteiger partial charge in [0, 0.05) is 9.79 Å². The minimum Gasteiger partial charge on any atom is -0.466 e. The molecule has 0 amide bonds. The van der Waals surface area contributed by atoms with Gasteiger partial charge in [-0.05, 0) is 36.4 Å². The smallest absolute Gasteiger partial charge is 0.416 e. The number of alkyl halides is 3. The van der Waals surface area contributed by atoms with Gasteiger partial charge in [0.05, 0.1) is 49.3 Å². The van der Waals surface area contributed by atoms with Crippen LogP contribution in [0.3, 0.4) is 0 Å². The zero-order valence-electron chi connectivity index (χ0n) is 17.4. The van der Waals surface area contributed by atoms with E-state index in [0.717, 1.165) is 38.1 Å². The predicted molar refractivity (Wildman–Crippen MR) is 111 cm³/mol. The summed E-state index contributed by atoms with van der Waals surface area (Å²) in [5, 5.41) is 9.36. The zero-order chi connectivity index (χ0) is 24.2. The highest BCUT2D eigenvalue weighted by Gasteiger charge is 2.34. The number of anilines is 1. The molecule has 3 rings (SSSR count). The summed E-state index contributed by atoms with van der Waals surface area (Å²) in [5.74, 6) is -1.64. The molecule has 0 saturated heterocycles. The number of nitrogens with zero attached hydrogens (tertiary/aromatic N) is 2. The van der Waals surface area contributed by atoms with Crippen molar-refractivity contribution in [2.75, 3.05) is 32.5 Å². The molecule has 7 nitrogen and oxygen atoms in total. The molecule has 0 aliphatic carbocycles. The number of rotatable bonds is 5. The molecule has 1 aliphatic rings. The standard InChI is InChI=1S/C22H17F3N2O5S/c1-30-20(28)16-11-32-12-27(19(16)21(29)31-2)17-8-13(10-26)6-7-18(17)33-15-5-3-4-14(9-15)22(23,24)25/h3-9H,11-12H2,1-2H3. The van der Waals surface area contributed by atoms with Crippen LogP contribution in [0.15, 0.2) is 63.5 Å². The first-order valence-corrected chi connectivity index (χ1v) is 10.2. The first-order valence-electron chi connectivity index (χ1n) is 9.34. The van der Waals surface area contributed by atoms with E-state index in [1.54, 1.807) is 6.07 Å². The number of hydrogen-bond acceptors (Lipinski definition) is 8. The van der Waals surface area contributed by atoms with Crippen LogP contribution in [0.4, 0.5) is 18.9 Å². The molecule has 0 N–H and O–H groups in total. The topological polar surface area (TPSA) is 88.9 Å². The van der Waals surface area contributed by atoms with Gasteiger partial charge in [-0.2, -0.15) is 18.4 Å². The molecule has 0 bridgehead atoms. The Labute approximate surface area is 191 Å². The van der Waals surface area contributed by atoms with Crippen LogP contribution in [0.5, 0.6) is 0 Å². The van der Waals surface area contributed by atoms with Gasteiger partial charge in [-0.3, -0.25) is 0 Å². The molecule has 0 spiro atoms. The van der Waals surface area contributed by atoms with E-state index in [1.807, 2.05) is 6.07 Å². The quantitative estimate of drug-likeness (QED) is 0.593. The molecule has 172 valence electrons. The molecule has 2 aromatic carbocycles. The van der Waals surface area contributed by atoms with Crippen molar-refractivity contribution in [1.29, 1.82) is 5.26 Å². The monoisotopic (exact) mass is 478 g/mol. The number of carbonyl (C=O) groups excluding carboxylic acids is 2. The second-order valence-electron chi connectivity index (χ2n) is 6.64. The predicted octanol–water partition coefficient (Wildman–Crippen LogP) is 4.12. The van der Waals surface area contributed by atoms with Crippen LogP contribution in [0.25, 0.3) is 0 Å². The molecular formula is C22H17F3N2O5S. The van der Waals surface area contributed by atoms with E-state index < -0.39 is 23.7 Å². The fraction of sp³-hybridized carbons (Fsp3) is 0.227.